The molecule has 1 atom stereocenters. The lowest BCUT2D eigenvalue weighted by Gasteiger charge is -2.20. The van der Waals surface area contributed by atoms with Gasteiger partial charge in [0, 0.05) is 0 Å². The van der Waals surface area contributed by atoms with Crippen LogP contribution in [0.1, 0.15) is 32.8 Å². The predicted molar refractivity (Wildman–Crippen MR) is 69.5 cm³/mol. The molecule has 1 aromatic rings. The second kappa shape index (κ2) is 7.02. The van der Waals surface area contributed by atoms with E-state index in [0.717, 1.165) is 24.9 Å². The van der Waals surface area contributed by atoms with Gasteiger partial charge in [0.05, 0.1) is 0 Å². The summed E-state index contributed by atoms with van der Waals surface area (Å²) in [5, 5.41) is 7.90. The van der Waals surface area contributed by atoms with Gasteiger partial charge in [-0.15, -0.1) is 0 Å². The van der Waals surface area contributed by atoms with Crippen molar-refractivity contribution in [3.8, 4) is 0 Å². The molecule has 1 nitrogen and oxygen atoms in total. The van der Waals surface area contributed by atoms with Crippen LogP contribution in [0, 0.1) is 11.8 Å². The third-order valence-electron chi connectivity index (χ3n) is 2.98. The molecule has 0 saturated heterocycles. The van der Waals surface area contributed by atoms with Gasteiger partial charge in [-0.05, 0) is 60.2 Å². The maximum atomic E-state index is 3.46. The standard InChI is InChI=1S/C13H23NS/c1-4-14-9-13(11(2)3)6-5-12-7-8-15-10-12/h7-8,10-11,13-14H,4-6,9H2,1-3H3. The second-order valence-corrected chi connectivity index (χ2v) is 5.26. The molecule has 15 heavy (non-hydrogen) atoms. The van der Waals surface area contributed by atoms with Crippen LogP contribution in [-0.4, -0.2) is 13.1 Å². The number of hydrogen-bond acceptors (Lipinski definition) is 2. The van der Waals surface area contributed by atoms with Gasteiger partial charge in [0.1, 0.15) is 0 Å². The molecule has 0 aliphatic heterocycles. The monoisotopic (exact) mass is 225 g/mol. The number of aryl methyl sites for hydroxylation is 1. The SMILES string of the molecule is CCNCC(CCc1ccsc1)C(C)C. The number of hydrogen-bond donors (Lipinski definition) is 1. The van der Waals surface area contributed by atoms with E-state index in [1.54, 1.807) is 11.3 Å². The third kappa shape index (κ3) is 4.80. The van der Waals surface area contributed by atoms with E-state index < -0.39 is 0 Å². The Morgan fingerprint density at radius 1 is 1.40 bits per heavy atom. The van der Waals surface area contributed by atoms with E-state index in [1.165, 1.54) is 18.4 Å². The minimum absolute atomic E-state index is 0.780. The van der Waals surface area contributed by atoms with Crippen molar-refractivity contribution in [1.29, 1.82) is 0 Å². The quantitative estimate of drug-likeness (QED) is 0.748. The van der Waals surface area contributed by atoms with Crippen molar-refractivity contribution in [2.75, 3.05) is 13.1 Å². The highest BCUT2D eigenvalue weighted by Gasteiger charge is 2.12. The summed E-state index contributed by atoms with van der Waals surface area (Å²) in [6.07, 6.45) is 2.54. The Hall–Kier alpha value is -0.340. The van der Waals surface area contributed by atoms with Crippen molar-refractivity contribution >= 4 is 11.3 Å². The molecule has 0 amide bonds. The molecule has 0 fully saturated rings. The van der Waals surface area contributed by atoms with Gasteiger partial charge in [-0.25, -0.2) is 0 Å². The number of nitrogens with one attached hydrogen (secondary N) is 1. The van der Waals surface area contributed by atoms with Gasteiger partial charge in [0.15, 0.2) is 0 Å². The Labute approximate surface area is 97.9 Å². The molecule has 1 unspecified atom stereocenters. The molecular formula is C13H23NS. The van der Waals surface area contributed by atoms with Crippen LogP contribution in [-0.2, 0) is 6.42 Å². The first-order valence-electron chi connectivity index (χ1n) is 5.95. The molecule has 0 radical (unpaired) electrons. The van der Waals surface area contributed by atoms with Crippen molar-refractivity contribution in [1.82, 2.24) is 5.32 Å². The van der Waals surface area contributed by atoms with Gasteiger partial charge in [0.25, 0.3) is 0 Å². The first-order chi connectivity index (χ1) is 7.24. The summed E-state index contributed by atoms with van der Waals surface area (Å²) in [5.74, 6) is 1.59. The largest absolute Gasteiger partial charge is 0.317 e. The highest BCUT2D eigenvalue weighted by atomic mass is 32.1. The summed E-state index contributed by atoms with van der Waals surface area (Å²) in [6.45, 7) is 9.08. The van der Waals surface area contributed by atoms with E-state index in [0.29, 0.717) is 0 Å². The van der Waals surface area contributed by atoms with Crippen LogP contribution in [0.25, 0.3) is 0 Å². The molecule has 0 aromatic carbocycles. The van der Waals surface area contributed by atoms with Crippen LogP contribution in [0.3, 0.4) is 0 Å². The first-order valence-corrected chi connectivity index (χ1v) is 6.90. The summed E-state index contributed by atoms with van der Waals surface area (Å²) >= 11 is 1.80. The number of thiophene rings is 1. The maximum Gasteiger partial charge on any atom is -0.00181 e. The molecule has 1 aromatic heterocycles. The van der Waals surface area contributed by atoms with Crippen LogP contribution in [0.5, 0.6) is 0 Å². The molecule has 1 heterocycles. The lowest BCUT2D eigenvalue weighted by molar-refractivity contribution is 0.344. The third-order valence-corrected chi connectivity index (χ3v) is 3.72. The predicted octanol–water partition coefficient (Wildman–Crippen LogP) is 3.56. The van der Waals surface area contributed by atoms with E-state index in [2.05, 4.69) is 42.9 Å². The lowest BCUT2D eigenvalue weighted by atomic mass is 9.90. The molecule has 2 heteroatoms. The molecule has 1 rings (SSSR count). The second-order valence-electron chi connectivity index (χ2n) is 4.48. The topological polar surface area (TPSA) is 12.0 Å². The van der Waals surface area contributed by atoms with Crippen molar-refractivity contribution in [3.63, 3.8) is 0 Å². The minimum Gasteiger partial charge on any atom is -0.317 e. The lowest BCUT2D eigenvalue weighted by Crippen LogP contribution is -2.26. The normalized spacial score (nSPS) is 13.3. The van der Waals surface area contributed by atoms with Crippen LogP contribution in [0.15, 0.2) is 16.8 Å². The van der Waals surface area contributed by atoms with Gasteiger partial charge >= 0.3 is 0 Å². The zero-order valence-electron chi connectivity index (χ0n) is 10.1. The molecule has 0 bridgehead atoms. The van der Waals surface area contributed by atoms with E-state index in [1.807, 2.05) is 0 Å². The molecular weight excluding hydrogens is 202 g/mol. The molecule has 86 valence electrons. The smallest absolute Gasteiger partial charge is 0.00181 e. The van der Waals surface area contributed by atoms with Crippen LogP contribution in [0.2, 0.25) is 0 Å². The van der Waals surface area contributed by atoms with Crippen molar-refractivity contribution in [3.05, 3.63) is 22.4 Å². The van der Waals surface area contributed by atoms with E-state index in [4.69, 9.17) is 0 Å². The fourth-order valence-corrected chi connectivity index (χ4v) is 2.49. The average molecular weight is 225 g/mol. The summed E-state index contributed by atoms with van der Waals surface area (Å²) in [5.41, 5.74) is 1.50. The summed E-state index contributed by atoms with van der Waals surface area (Å²) < 4.78 is 0. The van der Waals surface area contributed by atoms with Crippen molar-refractivity contribution < 1.29 is 0 Å². The Morgan fingerprint density at radius 2 is 2.20 bits per heavy atom. The minimum atomic E-state index is 0.780. The highest BCUT2D eigenvalue weighted by molar-refractivity contribution is 7.07. The van der Waals surface area contributed by atoms with Crippen molar-refractivity contribution in [2.24, 2.45) is 11.8 Å². The molecule has 1 N–H and O–H groups in total. The van der Waals surface area contributed by atoms with E-state index in [9.17, 15) is 0 Å². The summed E-state index contributed by atoms with van der Waals surface area (Å²) in [4.78, 5) is 0. The Balaban J connectivity index is 2.31. The van der Waals surface area contributed by atoms with Gasteiger partial charge in [-0.2, -0.15) is 11.3 Å². The zero-order chi connectivity index (χ0) is 11.1. The molecule has 0 aliphatic carbocycles. The number of rotatable bonds is 7. The summed E-state index contributed by atoms with van der Waals surface area (Å²) in [7, 11) is 0. The Morgan fingerprint density at radius 3 is 2.73 bits per heavy atom. The van der Waals surface area contributed by atoms with E-state index in [-0.39, 0.29) is 0 Å². The molecule has 0 spiro atoms. The fourth-order valence-electron chi connectivity index (χ4n) is 1.79. The van der Waals surface area contributed by atoms with Gasteiger partial charge < -0.3 is 5.32 Å². The van der Waals surface area contributed by atoms with Gasteiger partial charge in [-0.1, -0.05) is 20.8 Å². The van der Waals surface area contributed by atoms with Crippen LogP contribution in [0.4, 0.5) is 0 Å². The fraction of sp³-hybridized carbons (Fsp3) is 0.692. The van der Waals surface area contributed by atoms with Crippen LogP contribution < -0.4 is 5.32 Å². The van der Waals surface area contributed by atoms with Gasteiger partial charge in [0.2, 0.25) is 0 Å². The van der Waals surface area contributed by atoms with E-state index >= 15 is 0 Å². The average Bonchev–Trinajstić information content (AvgIpc) is 2.70. The maximum absolute atomic E-state index is 3.46. The Bertz CT molecular complexity index is 241. The van der Waals surface area contributed by atoms with Crippen molar-refractivity contribution in [2.45, 2.75) is 33.6 Å². The van der Waals surface area contributed by atoms with Crippen LogP contribution >= 0.6 is 11.3 Å². The molecule has 0 saturated carbocycles. The Kier molecular flexibility index (Phi) is 5.96. The van der Waals surface area contributed by atoms with Gasteiger partial charge in [-0.3, -0.25) is 0 Å². The summed E-state index contributed by atoms with van der Waals surface area (Å²) in [6, 6.07) is 2.25. The molecule has 0 aliphatic rings. The first kappa shape index (κ1) is 12.7. The highest BCUT2D eigenvalue weighted by Crippen LogP contribution is 2.18. The zero-order valence-corrected chi connectivity index (χ0v) is 10.9.